The molecule has 2 atom stereocenters. The Hall–Kier alpha value is -2.68. The summed E-state index contributed by atoms with van der Waals surface area (Å²) in [5.41, 5.74) is 0.567. The summed E-state index contributed by atoms with van der Waals surface area (Å²) in [6, 6.07) is 9.49. The molecule has 7 nitrogen and oxygen atoms in total. The fourth-order valence-electron chi connectivity index (χ4n) is 3.99. The van der Waals surface area contributed by atoms with Crippen LogP contribution in [0.4, 0.5) is 27.1 Å². The molecule has 1 N–H and O–H groups in total. The van der Waals surface area contributed by atoms with Gasteiger partial charge in [-0.05, 0) is 30.5 Å². The Balaban J connectivity index is 1.57. The van der Waals surface area contributed by atoms with Crippen molar-refractivity contribution in [2.45, 2.75) is 42.8 Å². The average Bonchev–Trinajstić information content (AvgIpc) is 3.28. The normalized spacial score (nSPS) is 19.6. The molecule has 35 heavy (non-hydrogen) atoms. The largest absolute Gasteiger partial charge is 0.522 e. The van der Waals surface area contributed by atoms with Gasteiger partial charge in [0.25, 0.3) is 10.0 Å². The lowest BCUT2D eigenvalue weighted by Gasteiger charge is -2.40. The van der Waals surface area contributed by atoms with Crippen LogP contribution >= 0.6 is 11.5 Å². The molecule has 0 bridgehead atoms. The fourth-order valence-corrected chi connectivity index (χ4v) is 5.73. The summed E-state index contributed by atoms with van der Waals surface area (Å²) < 4.78 is 103. The fraction of sp³-hybridized carbons (Fsp3) is 0.333. The van der Waals surface area contributed by atoms with Crippen LogP contribution in [0.3, 0.4) is 0 Å². The van der Waals surface area contributed by atoms with Gasteiger partial charge in [0.15, 0.2) is 0 Å². The van der Waals surface area contributed by atoms with Crippen molar-refractivity contribution in [3.63, 3.8) is 0 Å². The van der Waals surface area contributed by atoms with Gasteiger partial charge in [-0.25, -0.2) is 22.2 Å². The molecule has 0 saturated carbocycles. The number of sulfonamides is 1. The van der Waals surface area contributed by atoms with Crippen LogP contribution in [-0.4, -0.2) is 41.7 Å². The molecule has 2 aromatic carbocycles. The van der Waals surface area contributed by atoms with E-state index in [0.29, 0.717) is 11.6 Å². The van der Waals surface area contributed by atoms with Crippen LogP contribution in [-0.2, 0) is 21.3 Å². The number of anilines is 1. The number of piperidine rings is 1. The van der Waals surface area contributed by atoms with E-state index in [1.54, 1.807) is 35.2 Å². The number of hydrogen-bond donors (Lipinski definition) is 1. The number of hydrogen-bond acceptors (Lipinski definition) is 7. The summed E-state index contributed by atoms with van der Waals surface area (Å²) in [7, 11) is -4.46. The van der Waals surface area contributed by atoms with Gasteiger partial charge < -0.3 is 0 Å². The van der Waals surface area contributed by atoms with Crippen LogP contribution in [0.5, 0.6) is 0 Å². The predicted molar refractivity (Wildman–Crippen MR) is 117 cm³/mol. The number of likely N-dealkylation sites (tertiary alicyclic amines) is 1. The van der Waals surface area contributed by atoms with Crippen LogP contribution in [0, 0.1) is 11.6 Å². The third-order valence-corrected chi connectivity index (χ3v) is 7.56. The summed E-state index contributed by atoms with van der Waals surface area (Å²) in [5, 5.41) is -0.108. The topological polar surface area (TPSA) is 84.4 Å². The zero-order valence-corrected chi connectivity index (χ0v) is 19.5. The number of aromatic nitrogens is 2. The Bertz CT molecular complexity index is 1260. The number of rotatable bonds is 7. The average molecular weight is 535 g/mol. The third-order valence-electron chi connectivity index (χ3n) is 5.50. The molecule has 2 heterocycles. The van der Waals surface area contributed by atoms with Gasteiger partial charge in [-0.3, -0.25) is 14.4 Å². The Morgan fingerprint density at radius 2 is 1.89 bits per heavy atom. The van der Waals surface area contributed by atoms with Crippen molar-refractivity contribution in [1.82, 2.24) is 14.3 Å². The lowest BCUT2D eigenvalue weighted by atomic mass is 9.92. The number of nitrogens with zero attached hydrogens (tertiary/aromatic N) is 3. The Labute approximate surface area is 201 Å². The standard InChI is InChI=1S/C21H19F5N4O3S2/c22-16-10-19(35(31,32)29-20-27-12-28-34-20)17(23)8-14(16)11-30-7-6-15(33-21(24,25)26)9-18(30)13-4-2-1-3-5-13/h1-5,8,10,12,15,18H,6-7,9,11H2,(H,27,28,29)/t15-,18+/m1/s1. The molecule has 1 fully saturated rings. The smallest absolute Gasteiger partial charge is 0.292 e. The van der Waals surface area contributed by atoms with E-state index in [2.05, 4.69) is 14.1 Å². The quantitative estimate of drug-likeness (QED) is 0.436. The highest BCUT2D eigenvalue weighted by Gasteiger charge is 2.38. The molecule has 0 aliphatic carbocycles. The van der Waals surface area contributed by atoms with E-state index in [4.69, 9.17) is 0 Å². The number of halogens is 5. The highest BCUT2D eigenvalue weighted by Crippen LogP contribution is 2.36. The van der Waals surface area contributed by atoms with Crippen LogP contribution in [0.2, 0.25) is 0 Å². The highest BCUT2D eigenvalue weighted by atomic mass is 32.2. The van der Waals surface area contributed by atoms with Gasteiger partial charge in [-0.15, -0.1) is 13.2 Å². The molecule has 14 heteroatoms. The Morgan fingerprint density at radius 1 is 1.14 bits per heavy atom. The summed E-state index contributed by atoms with van der Waals surface area (Å²) in [4.78, 5) is 4.47. The third kappa shape index (κ3) is 6.31. The van der Waals surface area contributed by atoms with Gasteiger partial charge in [-0.1, -0.05) is 30.3 Å². The molecule has 0 radical (unpaired) electrons. The predicted octanol–water partition coefficient (Wildman–Crippen LogP) is 4.86. The summed E-state index contributed by atoms with van der Waals surface area (Å²) >= 11 is 0.728. The van der Waals surface area contributed by atoms with Crippen LogP contribution < -0.4 is 4.72 Å². The monoisotopic (exact) mass is 534 g/mol. The molecule has 1 aromatic heterocycles. The van der Waals surface area contributed by atoms with Crippen molar-refractivity contribution in [2.75, 3.05) is 11.3 Å². The Kier molecular flexibility index (Phi) is 7.35. The summed E-state index contributed by atoms with van der Waals surface area (Å²) in [6.07, 6.45) is -4.74. The van der Waals surface area contributed by atoms with Gasteiger partial charge in [0.2, 0.25) is 5.13 Å². The van der Waals surface area contributed by atoms with E-state index in [0.717, 1.165) is 23.9 Å². The molecule has 1 saturated heterocycles. The van der Waals surface area contributed by atoms with E-state index in [1.807, 2.05) is 4.72 Å². The minimum Gasteiger partial charge on any atom is -0.292 e. The van der Waals surface area contributed by atoms with Crippen molar-refractivity contribution in [3.8, 4) is 0 Å². The molecule has 0 amide bonds. The molecule has 0 unspecified atom stereocenters. The number of alkyl halides is 3. The second-order valence-electron chi connectivity index (χ2n) is 7.83. The number of nitrogens with one attached hydrogen (secondary N) is 1. The molecule has 188 valence electrons. The van der Waals surface area contributed by atoms with Crippen molar-refractivity contribution in [1.29, 1.82) is 0 Å². The maximum atomic E-state index is 14.9. The maximum Gasteiger partial charge on any atom is 0.522 e. The zero-order valence-electron chi connectivity index (χ0n) is 17.9. The maximum absolute atomic E-state index is 14.9. The lowest BCUT2D eigenvalue weighted by Crippen LogP contribution is -2.41. The van der Waals surface area contributed by atoms with Crippen molar-refractivity contribution >= 4 is 26.7 Å². The van der Waals surface area contributed by atoms with Gasteiger partial charge in [-0.2, -0.15) is 4.37 Å². The first kappa shape index (κ1) is 25.4. The molecule has 0 spiro atoms. The molecule has 4 rings (SSSR count). The minimum atomic E-state index is -4.78. The SMILES string of the molecule is O=S(=O)(Nc1ncns1)c1cc(F)c(CN2CC[C@@H](OC(F)(F)F)C[C@H]2c2ccccc2)cc1F. The minimum absolute atomic E-state index is 0.00808. The van der Waals surface area contributed by atoms with Crippen LogP contribution in [0.25, 0.3) is 0 Å². The molecule has 1 aliphatic heterocycles. The molecule has 1 aliphatic rings. The first-order valence-electron chi connectivity index (χ1n) is 10.3. The highest BCUT2D eigenvalue weighted by molar-refractivity contribution is 7.93. The van der Waals surface area contributed by atoms with Gasteiger partial charge in [0, 0.05) is 36.2 Å². The first-order chi connectivity index (χ1) is 16.5. The van der Waals surface area contributed by atoms with E-state index in [9.17, 15) is 30.4 Å². The van der Waals surface area contributed by atoms with E-state index in [-0.39, 0.29) is 36.6 Å². The van der Waals surface area contributed by atoms with Gasteiger partial charge in [0.05, 0.1) is 6.10 Å². The number of ether oxygens (including phenoxy) is 1. The van der Waals surface area contributed by atoms with E-state index >= 15 is 0 Å². The van der Waals surface area contributed by atoms with Crippen LogP contribution in [0.1, 0.15) is 30.0 Å². The zero-order chi connectivity index (χ0) is 25.2. The Morgan fingerprint density at radius 3 is 2.54 bits per heavy atom. The lowest BCUT2D eigenvalue weighted by molar-refractivity contribution is -0.347. The van der Waals surface area contributed by atoms with Crippen molar-refractivity contribution in [2.24, 2.45) is 0 Å². The van der Waals surface area contributed by atoms with Crippen molar-refractivity contribution < 1.29 is 35.1 Å². The van der Waals surface area contributed by atoms with E-state index in [1.165, 1.54) is 0 Å². The number of benzene rings is 2. The van der Waals surface area contributed by atoms with Gasteiger partial charge >= 0.3 is 6.36 Å². The summed E-state index contributed by atoms with van der Waals surface area (Å²) in [6.45, 7) is -0.0226. The van der Waals surface area contributed by atoms with Gasteiger partial charge in [0.1, 0.15) is 22.9 Å². The van der Waals surface area contributed by atoms with Crippen LogP contribution in [0.15, 0.2) is 53.7 Å². The first-order valence-corrected chi connectivity index (χ1v) is 12.6. The van der Waals surface area contributed by atoms with E-state index < -0.39 is 45.1 Å². The van der Waals surface area contributed by atoms with Crippen molar-refractivity contribution in [3.05, 3.63) is 71.6 Å². The summed E-state index contributed by atoms with van der Waals surface area (Å²) in [5.74, 6) is -2.14. The second-order valence-corrected chi connectivity index (χ2v) is 10.3. The molecule has 3 aromatic rings. The molecular formula is C21H19F5N4O3S2. The second kappa shape index (κ2) is 10.1. The molecular weight excluding hydrogens is 515 g/mol.